The van der Waals surface area contributed by atoms with Crippen LogP contribution in [0.3, 0.4) is 0 Å². The van der Waals surface area contributed by atoms with Crippen LogP contribution in [0.2, 0.25) is 10.0 Å². The maximum atomic E-state index is 13.2. The van der Waals surface area contributed by atoms with Gasteiger partial charge in [0.1, 0.15) is 0 Å². The van der Waals surface area contributed by atoms with Gasteiger partial charge in [-0.2, -0.15) is 26.3 Å². The average Bonchev–Trinajstić information content (AvgIpc) is 3.23. The number of carbonyl (C=O) groups excluding carboxylic acids is 2. The lowest BCUT2D eigenvalue weighted by Gasteiger charge is -2.52. The Morgan fingerprint density at radius 3 is 1.19 bits per heavy atom. The van der Waals surface area contributed by atoms with E-state index in [-0.39, 0.29) is 34.3 Å². The van der Waals surface area contributed by atoms with Crippen molar-refractivity contribution in [1.29, 1.82) is 0 Å². The molecule has 6 fully saturated rings. The fraction of sp³-hybridized carbons (Fsp3) is 0.409. The molecule has 2 amide bonds. The van der Waals surface area contributed by atoms with E-state index >= 15 is 0 Å². The highest BCUT2D eigenvalue weighted by Gasteiger charge is 2.48. The molecule has 2 atom stereocenters. The van der Waals surface area contributed by atoms with Gasteiger partial charge >= 0.3 is 12.4 Å². The zero-order valence-electron chi connectivity index (χ0n) is 31.5. The van der Waals surface area contributed by atoms with Crippen LogP contribution in [-0.2, 0) is 12.4 Å². The summed E-state index contributed by atoms with van der Waals surface area (Å²) in [5.41, 5.74) is -1.09. The van der Waals surface area contributed by atoms with Crippen LogP contribution in [0.1, 0.15) is 106 Å². The minimum absolute atomic E-state index is 0.164. The first-order valence-corrected chi connectivity index (χ1v) is 20.3. The summed E-state index contributed by atoms with van der Waals surface area (Å²) in [7, 11) is 0. The summed E-state index contributed by atoms with van der Waals surface area (Å²) in [6, 6.07) is 25.3. The van der Waals surface area contributed by atoms with Gasteiger partial charge in [-0.25, -0.2) is 0 Å². The molecule has 0 spiro atoms. The number of piperidine rings is 4. The van der Waals surface area contributed by atoms with Crippen molar-refractivity contribution < 1.29 is 35.9 Å². The number of hydrogen-bond acceptors (Lipinski definition) is 4. The maximum Gasteiger partial charge on any atom is 0.417 e. The fourth-order valence-corrected chi connectivity index (χ4v) is 9.90. The zero-order valence-corrected chi connectivity index (χ0v) is 33.0. The average molecular weight is 846 g/mol. The molecule has 308 valence electrons. The Morgan fingerprint density at radius 2 is 0.897 bits per heavy atom. The summed E-state index contributed by atoms with van der Waals surface area (Å²) in [5.74, 6) is 0.112. The number of nitrogens with one attached hydrogen (secondary N) is 4. The Bertz CT molecular complexity index is 1910. The molecule has 58 heavy (non-hydrogen) atoms. The zero-order chi connectivity index (χ0) is 41.3. The number of benzene rings is 4. The summed E-state index contributed by atoms with van der Waals surface area (Å²) in [4.78, 5) is 26.1. The van der Waals surface area contributed by atoms with E-state index in [0.717, 1.165) is 87.7 Å². The van der Waals surface area contributed by atoms with Crippen LogP contribution in [0.25, 0.3) is 0 Å². The van der Waals surface area contributed by atoms with Crippen LogP contribution in [0, 0.1) is 11.8 Å². The predicted octanol–water partition coefficient (Wildman–Crippen LogP) is 10.7. The van der Waals surface area contributed by atoms with Crippen LogP contribution in [0.4, 0.5) is 26.3 Å². The number of halogens is 8. The summed E-state index contributed by atoms with van der Waals surface area (Å²) < 4.78 is 79.2. The van der Waals surface area contributed by atoms with E-state index in [9.17, 15) is 35.9 Å². The van der Waals surface area contributed by atoms with Gasteiger partial charge in [0, 0.05) is 11.1 Å². The Balaban J connectivity index is 0.000000177. The molecule has 2 aliphatic carbocycles. The highest BCUT2D eigenvalue weighted by molar-refractivity contribution is 6.35. The molecule has 4 saturated heterocycles. The van der Waals surface area contributed by atoms with E-state index in [1.165, 1.54) is 24.3 Å². The van der Waals surface area contributed by atoms with Gasteiger partial charge in [0.25, 0.3) is 11.8 Å². The first kappa shape index (κ1) is 42.0. The summed E-state index contributed by atoms with van der Waals surface area (Å²) >= 11 is 12.0. The van der Waals surface area contributed by atoms with Crippen molar-refractivity contribution in [2.45, 2.75) is 86.9 Å². The van der Waals surface area contributed by atoms with Gasteiger partial charge in [-0.05, 0) is 112 Å². The van der Waals surface area contributed by atoms with E-state index in [1.807, 2.05) is 60.7 Å². The molecule has 4 aromatic rings. The Kier molecular flexibility index (Phi) is 12.2. The second-order valence-corrected chi connectivity index (χ2v) is 16.7. The van der Waals surface area contributed by atoms with Crippen LogP contribution in [0.15, 0.2) is 97.1 Å². The highest BCUT2D eigenvalue weighted by Crippen LogP contribution is 2.46. The van der Waals surface area contributed by atoms with Crippen LogP contribution < -0.4 is 21.3 Å². The lowest BCUT2D eigenvalue weighted by molar-refractivity contribution is -0.138. The molecular weight excluding hydrogens is 801 g/mol. The number of fused-ring (bicyclic) bond motifs is 6. The normalized spacial score (nSPS) is 24.9. The molecule has 0 unspecified atom stereocenters. The quantitative estimate of drug-likeness (QED) is 0.133. The van der Waals surface area contributed by atoms with E-state index in [0.29, 0.717) is 11.8 Å². The Hall–Kier alpha value is -4.10. The van der Waals surface area contributed by atoms with Crippen LogP contribution >= 0.6 is 23.2 Å². The number of carbonyl (C=O) groups is 2. The van der Waals surface area contributed by atoms with Gasteiger partial charge < -0.3 is 21.3 Å². The molecule has 2 saturated carbocycles. The smallest absolute Gasteiger partial charge is 0.343 e. The summed E-state index contributed by atoms with van der Waals surface area (Å²) in [6.07, 6.45) is -1.27. The molecule has 4 N–H and O–H groups in total. The second-order valence-electron chi connectivity index (χ2n) is 15.9. The third kappa shape index (κ3) is 8.76. The molecule has 0 aromatic heterocycles. The van der Waals surface area contributed by atoms with Crippen molar-refractivity contribution in [2.24, 2.45) is 11.8 Å². The molecular formula is C44H44Cl2F6N4O2. The second kappa shape index (κ2) is 16.9. The molecule has 14 heteroatoms. The van der Waals surface area contributed by atoms with Crippen molar-refractivity contribution in [3.63, 3.8) is 0 Å². The SMILES string of the molecule is O=C(N[C@@H](c1ccccc1)C12CCC(CC1)CN2)c1cccc(C(F)(F)F)c1Cl.O=C(N[C@H](c1ccccc1)C12CCC(CC1)CN2)c1cccc(C(F)(F)F)c1Cl. The van der Waals surface area contributed by atoms with Gasteiger partial charge in [0.15, 0.2) is 0 Å². The lowest BCUT2D eigenvalue weighted by Crippen LogP contribution is -2.62. The number of hydrogen-bond donors (Lipinski definition) is 4. The number of rotatable bonds is 8. The lowest BCUT2D eigenvalue weighted by atomic mass is 9.67. The minimum atomic E-state index is -4.62. The molecule has 6 nitrogen and oxygen atoms in total. The van der Waals surface area contributed by atoms with Gasteiger partial charge in [0.2, 0.25) is 0 Å². The van der Waals surface area contributed by atoms with E-state index in [2.05, 4.69) is 21.3 Å². The van der Waals surface area contributed by atoms with Crippen molar-refractivity contribution >= 4 is 35.0 Å². The Labute approximate surface area is 343 Å². The van der Waals surface area contributed by atoms with E-state index in [1.54, 1.807) is 0 Å². The molecule has 10 rings (SSSR count). The standard InChI is InChI=1S/2C22H22ClF3N2O/c2*23-18-16(7-4-8-17(18)22(24,25)26)20(29)28-19(15-5-2-1-3-6-15)21-11-9-14(10-12-21)13-27-21/h2*1-8,14,19,27H,9-13H2,(H,28,29)/t2*14?,19-,21?/m10/s1. The topological polar surface area (TPSA) is 82.3 Å². The van der Waals surface area contributed by atoms with E-state index in [4.69, 9.17) is 23.2 Å². The molecule has 0 radical (unpaired) electrons. The van der Waals surface area contributed by atoms with Crippen molar-refractivity contribution in [1.82, 2.24) is 21.3 Å². The Morgan fingerprint density at radius 1 is 0.552 bits per heavy atom. The number of amides is 2. The number of alkyl halides is 6. The summed E-state index contributed by atoms with van der Waals surface area (Å²) in [6.45, 7) is 1.78. The first-order valence-electron chi connectivity index (χ1n) is 19.5. The van der Waals surface area contributed by atoms with Crippen LogP contribution in [-0.4, -0.2) is 36.0 Å². The van der Waals surface area contributed by atoms with Crippen molar-refractivity contribution in [3.8, 4) is 0 Å². The van der Waals surface area contributed by atoms with Gasteiger partial charge in [0.05, 0.1) is 44.4 Å². The molecule has 4 heterocycles. The predicted molar refractivity (Wildman–Crippen MR) is 212 cm³/mol. The third-order valence-corrected chi connectivity index (χ3v) is 13.3. The summed E-state index contributed by atoms with van der Waals surface area (Å²) in [5, 5.41) is 12.1. The van der Waals surface area contributed by atoms with Gasteiger partial charge in [-0.3, -0.25) is 9.59 Å². The largest absolute Gasteiger partial charge is 0.417 e. The maximum absolute atomic E-state index is 13.2. The molecule has 4 aliphatic heterocycles. The van der Waals surface area contributed by atoms with Gasteiger partial charge in [-0.1, -0.05) is 96.0 Å². The highest BCUT2D eigenvalue weighted by atomic mass is 35.5. The first-order chi connectivity index (χ1) is 27.6. The van der Waals surface area contributed by atoms with Gasteiger partial charge in [-0.15, -0.1) is 0 Å². The van der Waals surface area contributed by atoms with Crippen LogP contribution in [0.5, 0.6) is 0 Å². The molecule has 4 aromatic carbocycles. The molecule has 6 aliphatic rings. The third-order valence-electron chi connectivity index (χ3n) is 12.5. The van der Waals surface area contributed by atoms with Crippen molar-refractivity contribution in [2.75, 3.05) is 13.1 Å². The monoisotopic (exact) mass is 844 g/mol. The van der Waals surface area contributed by atoms with Crippen molar-refractivity contribution in [3.05, 3.63) is 140 Å². The minimum Gasteiger partial charge on any atom is -0.343 e. The molecule has 4 bridgehead atoms. The fourth-order valence-electron chi connectivity index (χ4n) is 9.27. The van der Waals surface area contributed by atoms with E-state index < -0.39 is 45.3 Å².